The molecule has 1 fully saturated rings. The summed E-state index contributed by atoms with van der Waals surface area (Å²) in [5.41, 5.74) is 5.99. The molecular formula is C23H29ClN2. The number of hydrogen-bond acceptors (Lipinski definition) is 2. The summed E-state index contributed by atoms with van der Waals surface area (Å²) in [6.45, 7) is 3.42. The van der Waals surface area contributed by atoms with Gasteiger partial charge in [0.1, 0.15) is 0 Å². The molecule has 0 bridgehead atoms. The SMILES string of the molecule is CN1CCCC(c2ccc3c(c2)CCC3N(C)Cc2ccc(Cl)cc2)C1. The van der Waals surface area contributed by atoms with Crippen LogP contribution in [0.5, 0.6) is 0 Å². The minimum atomic E-state index is 0.531. The Labute approximate surface area is 162 Å². The number of aryl methyl sites for hydroxylation is 1. The van der Waals surface area contributed by atoms with Gasteiger partial charge in [0.05, 0.1) is 0 Å². The third kappa shape index (κ3) is 3.83. The maximum absolute atomic E-state index is 6.01. The van der Waals surface area contributed by atoms with Gasteiger partial charge in [-0.2, -0.15) is 0 Å². The first-order chi connectivity index (χ1) is 12.6. The molecule has 4 rings (SSSR count). The molecule has 2 aliphatic rings. The molecule has 26 heavy (non-hydrogen) atoms. The highest BCUT2D eigenvalue weighted by Crippen LogP contribution is 2.38. The Morgan fingerprint density at radius 1 is 1.12 bits per heavy atom. The van der Waals surface area contributed by atoms with Gasteiger partial charge in [0.25, 0.3) is 0 Å². The third-order valence-electron chi connectivity index (χ3n) is 6.19. The molecule has 1 aliphatic heterocycles. The molecule has 0 aromatic heterocycles. The lowest BCUT2D eigenvalue weighted by molar-refractivity contribution is 0.236. The lowest BCUT2D eigenvalue weighted by Gasteiger charge is -2.30. The van der Waals surface area contributed by atoms with Crippen molar-refractivity contribution >= 4 is 11.6 Å². The van der Waals surface area contributed by atoms with Crippen molar-refractivity contribution < 1.29 is 0 Å². The van der Waals surface area contributed by atoms with Crippen LogP contribution in [0, 0.1) is 0 Å². The molecule has 2 atom stereocenters. The molecule has 3 heteroatoms. The fourth-order valence-electron chi connectivity index (χ4n) is 4.75. The Hall–Kier alpha value is -1.35. The van der Waals surface area contributed by atoms with E-state index in [-0.39, 0.29) is 0 Å². The van der Waals surface area contributed by atoms with Crippen LogP contribution in [-0.2, 0) is 13.0 Å². The van der Waals surface area contributed by atoms with Crippen LogP contribution in [0.25, 0.3) is 0 Å². The first kappa shape index (κ1) is 18.0. The fourth-order valence-corrected chi connectivity index (χ4v) is 4.88. The largest absolute Gasteiger partial charge is 0.306 e. The molecule has 0 amide bonds. The quantitative estimate of drug-likeness (QED) is 0.725. The number of rotatable bonds is 4. The van der Waals surface area contributed by atoms with E-state index in [4.69, 9.17) is 11.6 Å². The molecule has 0 N–H and O–H groups in total. The van der Waals surface area contributed by atoms with Crippen molar-refractivity contribution in [1.82, 2.24) is 9.80 Å². The zero-order valence-electron chi connectivity index (χ0n) is 15.9. The second-order valence-electron chi connectivity index (χ2n) is 8.16. The predicted octanol–water partition coefficient (Wildman–Crippen LogP) is 5.27. The maximum atomic E-state index is 6.01. The lowest BCUT2D eigenvalue weighted by Crippen LogP contribution is -2.30. The van der Waals surface area contributed by atoms with E-state index in [1.54, 1.807) is 11.1 Å². The Morgan fingerprint density at radius 3 is 2.69 bits per heavy atom. The van der Waals surface area contributed by atoms with Gasteiger partial charge >= 0.3 is 0 Å². The Bertz CT molecular complexity index is 755. The van der Waals surface area contributed by atoms with E-state index in [1.807, 2.05) is 12.1 Å². The van der Waals surface area contributed by atoms with Crippen LogP contribution in [0.15, 0.2) is 42.5 Å². The first-order valence-electron chi connectivity index (χ1n) is 9.86. The van der Waals surface area contributed by atoms with E-state index in [0.29, 0.717) is 12.0 Å². The standard InChI is InChI=1S/C23H29ClN2/c1-25-13-3-4-20(16-25)18-7-11-22-19(14-18)8-12-23(22)26(2)15-17-5-9-21(24)10-6-17/h5-7,9-11,14,20,23H,3-4,8,12-13,15-16H2,1-2H3. The van der Waals surface area contributed by atoms with Crippen LogP contribution in [0.3, 0.4) is 0 Å². The average Bonchev–Trinajstić information content (AvgIpc) is 3.07. The molecule has 2 nitrogen and oxygen atoms in total. The van der Waals surface area contributed by atoms with Crippen molar-refractivity contribution in [2.24, 2.45) is 0 Å². The minimum Gasteiger partial charge on any atom is -0.306 e. The van der Waals surface area contributed by atoms with Gasteiger partial charge in [-0.05, 0) is 86.6 Å². The second kappa shape index (κ2) is 7.72. The zero-order valence-corrected chi connectivity index (χ0v) is 16.7. The van der Waals surface area contributed by atoms with Crippen LogP contribution in [0.2, 0.25) is 5.02 Å². The van der Waals surface area contributed by atoms with Crippen LogP contribution in [0.4, 0.5) is 0 Å². The second-order valence-corrected chi connectivity index (χ2v) is 8.59. The van der Waals surface area contributed by atoms with E-state index in [9.17, 15) is 0 Å². The van der Waals surface area contributed by atoms with Gasteiger partial charge in [0.15, 0.2) is 0 Å². The third-order valence-corrected chi connectivity index (χ3v) is 6.44. The van der Waals surface area contributed by atoms with Crippen LogP contribution < -0.4 is 0 Å². The van der Waals surface area contributed by atoms with Gasteiger partial charge < -0.3 is 4.90 Å². The minimum absolute atomic E-state index is 0.531. The van der Waals surface area contributed by atoms with Gasteiger partial charge in [-0.1, -0.05) is 41.9 Å². The van der Waals surface area contributed by atoms with Gasteiger partial charge in [0.2, 0.25) is 0 Å². The molecule has 0 radical (unpaired) electrons. The monoisotopic (exact) mass is 368 g/mol. The van der Waals surface area contributed by atoms with Crippen LogP contribution >= 0.6 is 11.6 Å². The summed E-state index contributed by atoms with van der Waals surface area (Å²) in [5, 5.41) is 0.809. The van der Waals surface area contributed by atoms with Gasteiger partial charge in [-0.3, -0.25) is 4.90 Å². The Kier molecular flexibility index (Phi) is 5.35. The summed E-state index contributed by atoms with van der Waals surface area (Å²) in [4.78, 5) is 4.97. The summed E-state index contributed by atoms with van der Waals surface area (Å²) in [7, 11) is 4.50. The molecule has 1 aliphatic carbocycles. The van der Waals surface area contributed by atoms with Crippen molar-refractivity contribution in [3.05, 3.63) is 69.7 Å². The number of nitrogens with zero attached hydrogens (tertiary/aromatic N) is 2. The van der Waals surface area contributed by atoms with Crippen LogP contribution in [0.1, 0.15) is 53.5 Å². The number of benzene rings is 2. The smallest absolute Gasteiger partial charge is 0.0406 e. The van der Waals surface area contributed by atoms with E-state index in [0.717, 1.165) is 11.6 Å². The van der Waals surface area contributed by atoms with Crippen molar-refractivity contribution in [1.29, 1.82) is 0 Å². The van der Waals surface area contributed by atoms with Crippen LogP contribution in [-0.4, -0.2) is 37.0 Å². The summed E-state index contributed by atoms with van der Waals surface area (Å²) in [6.07, 6.45) is 5.10. The summed E-state index contributed by atoms with van der Waals surface area (Å²) >= 11 is 6.01. The molecular weight excluding hydrogens is 340 g/mol. The number of fused-ring (bicyclic) bond motifs is 1. The van der Waals surface area contributed by atoms with Crippen molar-refractivity contribution in [2.75, 3.05) is 27.2 Å². The summed E-state index contributed by atoms with van der Waals surface area (Å²) in [5.74, 6) is 0.713. The van der Waals surface area contributed by atoms with E-state index >= 15 is 0 Å². The highest BCUT2D eigenvalue weighted by atomic mass is 35.5. The zero-order chi connectivity index (χ0) is 18.1. The molecule has 0 saturated carbocycles. The topological polar surface area (TPSA) is 6.48 Å². The number of likely N-dealkylation sites (tertiary alicyclic amines) is 1. The van der Waals surface area contributed by atoms with Crippen molar-refractivity contribution in [3.63, 3.8) is 0 Å². The molecule has 2 aromatic rings. The van der Waals surface area contributed by atoms with E-state index in [2.05, 4.69) is 54.2 Å². The molecule has 138 valence electrons. The number of halogens is 1. The first-order valence-corrected chi connectivity index (χ1v) is 10.2. The van der Waals surface area contributed by atoms with Gasteiger partial charge in [-0.15, -0.1) is 0 Å². The fraction of sp³-hybridized carbons (Fsp3) is 0.478. The highest BCUT2D eigenvalue weighted by Gasteiger charge is 2.27. The van der Waals surface area contributed by atoms with E-state index in [1.165, 1.54) is 49.9 Å². The van der Waals surface area contributed by atoms with E-state index < -0.39 is 0 Å². The normalized spacial score (nSPS) is 23.4. The Balaban J connectivity index is 1.48. The molecule has 2 unspecified atom stereocenters. The molecule has 0 spiro atoms. The summed E-state index contributed by atoms with van der Waals surface area (Å²) < 4.78 is 0. The maximum Gasteiger partial charge on any atom is 0.0406 e. The molecule has 1 heterocycles. The Morgan fingerprint density at radius 2 is 1.92 bits per heavy atom. The van der Waals surface area contributed by atoms with Crippen molar-refractivity contribution in [3.8, 4) is 0 Å². The molecule has 2 aromatic carbocycles. The number of likely N-dealkylation sites (N-methyl/N-ethyl adjacent to an activating group) is 1. The number of piperidine rings is 1. The lowest BCUT2D eigenvalue weighted by atomic mass is 9.89. The van der Waals surface area contributed by atoms with Gasteiger partial charge in [0, 0.05) is 24.2 Å². The van der Waals surface area contributed by atoms with Gasteiger partial charge in [-0.25, -0.2) is 0 Å². The van der Waals surface area contributed by atoms with Crippen molar-refractivity contribution in [2.45, 2.75) is 44.2 Å². The predicted molar refractivity (Wildman–Crippen MR) is 110 cm³/mol. The summed E-state index contributed by atoms with van der Waals surface area (Å²) in [6, 6.07) is 16.1. The highest BCUT2D eigenvalue weighted by molar-refractivity contribution is 6.30. The molecule has 1 saturated heterocycles. The average molecular weight is 369 g/mol. The number of hydrogen-bond donors (Lipinski definition) is 0.